The number of rotatable bonds is 2. The molecule has 5 heteroatoms. The van der Waals surface area contributed by atoms with Crippen molar-refractivity contribution < 1.29 is 24.0 Å². The number of ether oxygens (including phenoxy) is 3. The Balaban J connectivity index is 1.02. The van der Waals surface area contributed by atoms with Gasteiger partial charge in [0.05, 0.1) is 31.5 Å². The molecular formula is C34H48O5. The molecule has 1 aromatic rings. The Hall–Kier alpha value is -1.24. The standard InChI is InChI=1S/C34H48O5/c1-22-6-8-25(9-7-22)24(3)29-20-37-34(39-38-29)17-16-31(4)26(18-34)10-11-27-28(31)13-14-32(5)30(27)35-21-33(32)15-12-23(2)19-36-33/h6-9,23,26-30H,3,10-21H2,1-2,4-5H3/t23-,26?,27-,28+,29?,30+,31+,32+,33?,34?/m1/s1. The summed E-state index contributed by atoms with van der Waals surface area (Å²) < 4.78 is 20.0. The molecule has 0 aromatic heterocycles. The Kier molecular flexibility index (Phi) is 6.41. The zero-order valence-corrected chi connectivity index (χ0v) is 24.5. The third kappa shape index (κ3) is 4.05. The minimum absolute atomic E-state index is 0.0657. The van der Waals surface area contributed by atoms with Crippen molar-refractivity contribution in [1.29, 1.82) is 0 Å². The van der Waals surface area contributed by atoms with Crippen LogP contribution in [0.2, 0.25) is 0 Å². The van der Waals surface area contributed by atoms with Gasteiger partial charge >= 0.3 is 0 Å². The summed E-state index contributed by atoms with van der Waals surface area (Å²) in [5.74, 6) is 1.96. The van der Waals surface area contributed by atoms with Gasteiger partial charge in [-0.1, -0.05) is 57.2 Å². The largest absolute Gasteiger partial charge is 0.374 e. The molecule has 3 saturated carbocycles. The van der Waals surface area contributed by atoms with Crippen LogP contribution in [0.25, 0.3) is 5.57 Å². The van der Waals surface area contributed by atoms with E-state index in [4.69, 9.17) is 24.0 Å². The van der Waals surface area contributed by atoms with Crippen molar-refractivity contribution in [2.75, 3.05) is 19.8 Å². The van der Waals surface area contributed by atoms with Crippen LogP contribution in [-0.2, 0) is 24.0 Å². The lowest BCUT2D eigenvalue weighted by Gasteiger charge is -2.62. The highest BCUT2D eigenvalue weighted by Gasteiger charge is 2.68. The van der Waals surface area contributed by atoms with Crippen molar-refractivity contribution in [2.24, 2.45) is 34.5 Å². The fourth-order valence-electron chi connectivity index (χ4n) is 9.78. The summed E-state index contributed by atoms with van der Waals surface area (Å²) in [6, 6.07) is 8.42. The van der Waals surface area contributed by atoms with Crippen LogP contribution in [0, 0.1) is 41.4 Å². The maximum absolute atomic E-state index is 6.77. The van der Waals surface area contributed by atoms with Gasteiger partial charge in [-0.25, -0.2) is 9.78 Å². The lowest BCUT2D eigenvalue weighted by atomic mass is 9.45. The van der Waals surface area contributed by atoms with Crippen LogP contribution in [-0.4, -0.2) is 43.4 Å². The molecule has 0 radical (unpaired) electrons. The van der Waals surface area contributed by atoms with E-state index in [1.165, 1.54) is 37.7 Å². The maximum atomic E-state index is 6.77. The van der Waals surface area contributed by atoms with Crippen LogP contribution in [0.15, 0.2) is 30.8 Å². The van der Waals surface area contributed by atoms with Gasteiger partial charge < -0.3 is 14.2 Å². The summed E-state index contributed by atoms with van der Waals surface area (Å²) in [6.07, 6.45) is 10.4. The molecule has 4 unspecified atom stereocenters. The molecular weight excluding hydrogens is 488 g/mol. The van der Waals surface area contributed by atoms with Crippen molar-refractivity contribution in [3.05, 3.63) is 42.0 Å². The first kappa shape index (κ1) is 26.6. The summed E-state index contributed by atoms with van der Waals surface area (Å²) in [5.41, 5.74) is 3.61. The predicted octanol–water partition coefficient (Wildman–Crippen LogP) is 7.27. The Morgan fingerprint density at radius 2 is 1.74 bits per heavy atom. The van der Waals surface area contributed by atoms with Crippen molar-refractivity contribution in [3.8, 4) is 0 Å². The molecule has 6 fully saturated rings. The van der Waals surface area contributed by atoms with Crippen molar-refractivity contribution in [3.63, 3.8) is 0 Å². The third-order valence-corrected chi connectivity index (χ3v) is 12.6. The van der Waals surface area contributed by atoms with Crippen molar-refractivity contribution >= 4 is 5.57 Å². The molecule has 0 N–H and O–H groups in total. The monoisotopic (exact) mass is 536 g/mol. The minimum Gasteiger partial charge on any atom is -0.374 e. The van der Waals surface area contributed by atoms with E-state index in [0.717, 1.165) is 50.0 Å². The molecule has 10 atom stereocenters. The van der Waals surface area contributed by atoms with E-state index in [1.807, 2.05) is 0 Å². The molecule has 6 aliphatic rings. The molecule has 3 saturated heterocycles. The van der Waals surface area contributed by atoms with Gasteiger partial charge in [-0.15, -0.1) is 0 Å². The van der Waals surface area contributed by atoms with Crippen LogP contribution >= 0.6 is 0 Å². The van der Waals surface area contributed by atoms with E-state index < -0.39 is 5.79 Å². The van der Waals surface area contributed by atoms with E-state index in [0.29, 0.717) is 41.8 Å². The van der Waals surface area contributed by atoms with Crippen molar-refractivity contribution in [2.45, 2.75) is 109 Å². The summed E-state index contributed by atoms with van der Waals surface area (Å²) in [4.78, 5) is 12.2. The molecule has 39 heavy (non-hydrogen) atoms. The zero-order valence-electron chi connectivity index (χ0n) is 24.5. The number of benzene rings is 1. The molecule has 2 spiro atoms. The lowest BCUT2D eigenvalue weighted by Crippen LogP contribution is -2.62. The lowest BCUT2D eigenvalue weighted by molar-refractivity contribution is -0.489. The second-order valence-electron chi connectivity index (χ2n) is 14.7. The quantitative estimate of drug-likeness (QED) is 0.372. The third-order valence-electron chi connectivity index (χ3n) is 12.6. The number of hydrogen-bond acceptors (Lipinski definition) is 5. The highest BCUT2D eigenvalue weighted by Crippen LogP contribution is 2.67. The zero-order chi connectivity index (χ0) is 27.0. The summed E-state index contributed by atoms with van der Waals surface area (Å²) in [6.45, 7) is 16.0. The average Bonchev–Trinajstić information content (AvgIpc) is 3.23. The van der Waals surface area contributed by atoms with Crippen LogP contribution in [0.5, 0.6) is 0 Å². The molecule has 214 valence electrons. The van der Waals surface area contributed by atoms with Crippen molar-refractivity contribution in [1.82, 2.24) is 0 Å². The molecule has 0 amide bonds. The smallest absolute Gasteiger partial charge is 0.202 e. The second kappa shape index (κ2) is 9.39. The van der Waals surface area contributed by atoms with Gasteiger partial charge in [0.2, 0.25) is 5.79 Å². The van der Waals surface area contributed by atoms with Crippen LogP contribution in [0.4, 0.5) is 0 Å². The van der Waals surface area contributed by atoms with Crippen LogP contribution < -0.4 is 0 Å². The fraction of sp³-hybridized carbons (Fsp3) is 0.765. The Bertz CT molecular complexity index is 1080. The van der Waals surface area contributed by atoms with E-state index in [-0.39, 0.29) is 17.1 Å². The normalized spacial score (nSPS) is 49.3. The Labute approximate surface area is 234 Å². The van der Waals surface area contributed by atoms with E-state index in [2.05, 4.69) is 58.5 Å². The molecule has 3 heterocycles. The number of hydrogen-bond donors (Lipinski definition) is 0. The SMILES string of the molecule is C=C(c1ccc(C)cc1)C1COC2(CC[C@@]3(C)C(CC[C@@H]4[C@@H]3CC[C@@]3(C)[C@H]4OCC34CC[C@@H](C)CO4)C2)OO1. The Morgan fingerprint density at radius 1 is 0.923 bits per heavy atom. The van der Waals surface area contributed by atoms with Crippen LogP contribution in [0.3, 0.4) is 0 Å². The van der Waals surface area contributed by atoms with Gasteiger partial charge in [-0.3, -0.25) is 0 Å². The minimum atomic E-state index is -0.620. The summed E-state index contributed by atoms with van der Waals surface area (Å²) in [5, 5.41) is 0. The van der Waals surface area contributed by atoms with Gasteiger partial charge in [-0.05, 0) is 92.1 Å². The first-order chi connectivity index (χ1) is 18.7. The van der Waals surface area contributed by atoms with E-state index in [9.17, 15) is 0 Å². The Morgan fingerprint density at radius 3 is 2.46 bits per heavy atom. The molecule has 1 aromatic carbocycles. The highest BCUT2D eigenvalue weighted by molar-refractivity contribution is 5.67. The van der Waals surface area contributed by atoms with Gasteiger partial charge in [-0.2, -0.15) is 0 Å². The van der Waals surface area contributed by atoms with Gasteiger partial charge in [0.15, 0.2) is 0 Å². The summed E-state index contributed by atoms with van der Waals surface area (Å²) in [7, 11) is 0. The highest BCUT2D eigenvalue weighted by atomic mass is 17.2. The van der Waals surface area contributed by atoms with Gasteiger partial charge in [0.25, 0.3) is 0 Å². The van der Waals surface area contributed by atoms with E-state index in [1.54, 1.807) is 0 Å². The number of aryl methyl sites for hydroxylation is 1. The first-order valence-corrected chi connectivity index (χ1v) is 15.7. The van der Waals surface area contributed by atoms with Crippen LogP contribution in [0.1, 0.15) is 89.7 Å². The van der Waals surface area contributed by atoms with E-state index >= 15 is 0 Å². The molecule has 3 aliphatic carbocycles. The molecule has 5 nitrogen and oxygen atoms in total. The molecule has 7 rings (SSSR count). The predicted molar refractivity (Wildman–Crippen MR) is 151 cm³/mol. The molecule has 0 bridgehead atoms. The summed E-state index contributed by atoms with van der Waals surface area (Å²) >= 11 is 0. The average molecular weight is 537 g/mol. The van der Waals surface area contributed by atoms with Gasteiger partial charge in [0, 0.05) is 18.3 Å². The first-order valence-electron chi connectivity index (χ1n) is 15.7. The topological polar surface area (TPSA) is 46.2 Å². The molecule has 3 aliphatic heterocycles. The van der Waals surface area contributed by atoms with Gasteiger partial charge in [0.1, 0.15) is 6.10 Å². The number of fused-ring (bicyclic) bond motifs is 6. The maximum Gasteiger partial charge on any atom is 0.202 e. The fourth-order valence-corrected chi connectivity index (χ4v) is 9.78. The second-order valence-corrected chi connectivity index (χ2v) is 14.7.